The number of sulfonamides is 1. The van der Waals surface area contributed by atoms with Gasteiger partial charge in [0, 0.05) is 25.2 Å². The van der Waals surface area contributed by atoms with Crippen LogP contribution < -0.4 is 0 Å². The van der Waals surface area contributed by atoms with E-state index in [1.54, 1.807) is 42.5 Å². The molecule has 0 N–H and O–H groups in total. The number of nitro benzene ring substituents is 1. The lowest BCUT2D eigenvalue weighted by molar-refractivity contribution is -0.385. The van der Waals surface area contributed by atoms with Crippen molar-refractivity contribution in [3.63, 3.8) is 0 Å². The maximum absolute atomic E-state index is 13.7. The van der Waals surface area contributed by atoms with Crippen molar-refractivity contribution in [2.75, 3.05) is 13.1 Å². The predicted octanol–water partition coefficient (Wildman–Crippen LogP) is 3.90. The molecule has 0 aliphatic carbocycles. The molecule has 1 saturated heterocycles. The molecule has 0 aromatic heterocycles. The second-order valence-corrected chi connectivity index (χ2v) is 9.71. The van der Waals surface area contributed by atoms with E-state index in [0.717, 1.165) is 12.0 Å². The van der Waals surface area contributed by atoms with Crippen molar-refractivity contribution < 1.29 is 13.3 Å². The van der Waals surface area contributed by atoms with Crippen LogP contribution in [0.2, 0.25) is 0 Å². The molecule has 0 radical (unpaired) electrons. The highest BCUT2D eigenvalue weighted by atomic mass is 32.2. The summed E-state index contributed by atoms with van der Waals surface area (Å²) in [6, 6.07) is 22.7. The number of hydrogen-bond donors (Lipinski definition) is 0. The van der Waals surface area contributed by atoms with Gasteiger partial charge in [0.15, 0.2) is 0 Å². The fourth-order valence-electron chi connectivity index (χ4n) is 4.72. The van der Waals surface area contributed by atoms with Gasteiger partial charge in [-0.15, -0.1) is 0 Å². The van der Waals surface area contributed by atoms with Crippen LogP contribution in [0.5, 0.6) is 0 Å². The van der Waals surface area contributed by atoms with E-state index in [0.29, 0.717) is 18.7 Å². The van der Waals surface area contributed by atoms with E-state index < -0.39 is 21.1 Å². The molecule has 31 heavy (non-hydrogen) atoms. The van der Waals surface area contributed by atoms with Gasteiger partial charge in [-0.25, -0.2) is 8.42 Å². The highest BCUT2D eigenvalue weighted by molar-refractivity contribution is 7.89. The highest BCUT2D eigenvalue weighted by Gasteiger charge is 2.48. The molecule has 158 valence electrons. The molecule has 3 aromatic rings. The molecule has 2 aliphatic heterocycles. The smallest absolute Gasteiger partial charge is 0.269 e. The van der Waals surface area contributed by atoms with Crippen molar-refractivity contribution in [3.05, 3.63) is 106 Å². The summed E-state index contributed by atoms with van der Waals surface area (Å²) in [5, 5.41) is 11.4. The molecule has 0 spiro atoms. The quantitative estimate of drug-likeness (QED) is 0.458. The van der Waals surface area contributed by atoms with Gasteiger partial charge in [-0.1, -0.05) is 54.6 Å². The van der Waals surface area contributed by atoms with Gasteiger partial charge in [0.2, 0.25) is 10.0 Å². The van der Waals surface area contributed by atoms with E-state index in [1.165, 1.54) is 22.0 Å². The first kappa shape index (κ1) is 19.9. The van der Waals surface area contributed by atoms with Crippen LogP contribution in [0.1, 0.15) is 28.9 Å². The highest BCUT2D eigenvalue weighted by Crippen LogP contribution is 2.46. The summed E-state index contributed by atoms with van der Waals surface area (Å²) >= 11 is 0. The molecular weight excluding hydrogens is 414 g/mol. The summed E-state index contributed by atoms with van der Waals surface area (Å²) in [7, 11) is -3.81. The molecule has 8 heteroatoms. The molecule has 3 aromatic carbocycles. The monoisotopic (exact) mass is 435 g/mol. The Morgan fingerprint density at radius 1 is 0.935 bits per heavy atom. The second-order valence-electron chi connectivity index (χ2n) is 7.82. The van der Waals surface area contributed by atoms with E-state index in [-0.39, 0.29) is 16.6 Å². The van der Waals surface area contributed by atoms with Gasteiger partial charge in [-0.05, 0) is 35.2 Å². The van der Waals surface area contributed by atoms with Crippen molar-refractivity contribution in [1.29, 1.82) is 0 Å². The summed E-state index contributed by atoms with van der Waals surface area (Å²) in [4.78, 5) is 13.3. The zero-order chi connectivity index (χ0) is 21.6. The Kier molecular flexibility index (Phi) is 4.85. The normalized spacial score (nSPS) is 21.4. The lowest BCUT2D eigenvalue weighted by Crippen LogP contribution is -2.37. The van der Waals surface area contributed by atoms with Crippen LogP contribution in [-0.2, 0) is 16.4 Å². The Balaban J connectivity index is 1.65. The number of rotatable bonds is 4. The third kappa shape index (κ3) is 3.33. The van der Waals surface area contributed by atoms with E-state index >= 15 is 0 Å². The maximum atomic E-state index is 13.7. The van der Waals surface area contributed by atoms with Crippen LogP contribution in [0, 0.1) is 10.1 Å². The topological polar surface area (TPSA) is 83.8 Å². The minimum absolute atomic E-state index is 0.0459. The van der Waals surface area contributed by atoms with E-state index in [2.05, 4.69) is 17.0 Å². The Labute approximate surface area is 180 Å². The zero-order valence-corrected chi connectivity index (χ0v) is 17.5. The minimum atomic E-state index is -3.81. The molecule has 7 nitrogen and oxygen atoms in total. The van der Waals surface area contributed by atoms with Crippen LogP contribution >= 0.6 is 0 Å². The number of benzene rings is 3. The van der Waals surface area contributed by atoms with E-state index in [9.17, 15) is 18.5 Å². The minimum Gasteiger partial charge on any atom is -0.274 e. The van der Waals surface area contributed by atoms with Crippen molar-refractivity contribution >= 4 is 15.7 Å². The average Bonchev–Trinajstić information content (AvgIpc) is 3.21. The molecule has 0 saturated carbocycles. The first-order valence-corrected chi connectivity index (χ1v) is 11.6. The van der Waals surface area contributed by atoms with Crippen molar-refractivity contribution in [2.24, 2.45) is 0 Å². The third-order valence-corrected chi connectivity index (χ3v) is 7.96. The third-order valence-electron chi connectivity index (χ3n) is 6.12. The number of fused-ring (bicyclic) bond motifs is 3. The van der Waals surface area contributed by atoms with Gasteiger partial charge in [0.1, 0.15) is 6.17 Å². The van der Waals surface area contributed by atoms with Gasteiger partial charge < -0.3 is 0 Å². The van der Waals surface area contributed by atoms with Gasteiger partial charge in [0.05, 0.1) is 15.9 Å². The van der Waals surface area contributed by atoms with Crippen LogP contribution in [0.25, 0.3) is 0 Å². The van der Waals surface area contributed by atoms with Gasteiger partial charge in [-0.3, -0.25) is 15.0 Å². The Morgan fingerprint density at radius 2 is 1.68 bits per heavy atom. The summed E-state index contributed by atoms with van der Waals surface area (Å²) in [6.45, 7) is 0.970. The largest absolute Gasteiger partial charge is 0.274 e. The Hall–Kier alpha value is -3.07. The molecule has 2 heterocycles. The second kappa shape index (κ2) is 7.56. The first-order chi connectivity index (χ1) is 15.0. The Morgan fingerprint density at radius 3 is 2.45 bits per heavy atom. The molecule has 2 atom stereocenters. The molecule has 0 amide bonds. The molecule has 2 aliphatic rings. The SMILES string of the molecule is O=[N+]([O-])c1cccc(C2N3CCc4ccccc4C3CN2S(=O)(=O)c2ccccc2)c1. The van der Waals surface area contributed by atoms with Crippen molar-refractivity contribution in [3.8, 4) is 0 Å². The van der Waals surface area contributed by atoms with Crippen LogP contribution in [0.4, 0.5) is 5.69 Å². The van der Waals surface area contributed by atoms with Crippen LogP contribution in [0.15, 0.2) is 83.8 Å². The number of nitro groups is 1. The van der Waals surface area contributed by atoms with Crippen LogP contribution in [-0.4, -0.2) is 35.6 Å². The first-order valence-electron chi connectivity index (χ1n) is 10.1. The van der Waals surface area contributed by atoms with E-state index in [4.69, 9.17) is 0 Å². The molecular formula is C23H21N3O4S. The van der Waals surface area contributed by atoms with E-state index in [1.807, 2.05) is 12.1 Å². The molecule has 1 fully saturated rings. The van der Waals surface area contributed by atoms with Gasteiger partial charge in [-0.2, -0.15) is 4.31 Å². The predicted molar refractivity (Wildman–Crippen MR) is 116 cm³/mol. The van der Waals surface area contributed by atoms with Gasteiger partial charge >= 0.3 is 0 Å². The number of hydrogen-bond acceptors (Lipinski definition) is 5. The summed E-state index contributed by atoms with van der Waals surface area (Å²) in [5.41, 5.74) is 2.90. The zero-order valence-electron chi connectivity index (χ0n) is 16.7. The van der Waals surface area contributed by atoms with Gasteiger partial charge in [0.25, 0.3) is 5.69 Å². The summed E-state index contributed by atoms with van der Waals surface area (Å²) < 4.78 is 28.8. The molecule has 2 unspecified atom stereocenters. The fraction of sp³-hybridized carbons (Fsp3) is 0.217. The maximum Gasteiger partial charge on any atom is 0.269 e. The number of non-ortho nitro benzene ring substituents is 1. The molecule has 0 bridgehead atoms. The van der Waals surface area contributed by atoms with Crippen molar-refractivity contribution in [1.82, 2.24) is 9.21 Å². The van der Waals surface area contributed by atoms with Crippen LogP contribution in [0.3, 0.4) is 0 Å². The fourth-order valence-corrected chi connectivity index (χ4v) is 6.33. The number of nitrogens with zero attached hydrogens (tertiary/aromatic N) is 3. The molecule has 5 rings (SSSR count). The summed E-state index contributed by atoms with van der Waals surface area (Å²) in [5.74, 6) is 0. The van der Waals surface area contributed by atoms with Crippen molar-refractivity contribution in [2.45, 2.75) is 23.5 Å². The average molecular weight is 436 g/mol. The lowest BCUT2D eigenvalue weighted by Gasteiger charge is -2.35. The lowest BCUT2D eigenvalue weighted by atomic mass is 9.93. The standard InChI is InChI=1S/C23H21N3O4S/c27-26(28)19-9-6-8-18(15-19)23-24-14-13-17-7-4-5-12-21(17)22(24)16-25(23)31(29,30)20-10-2-1-3-11-20/h1-12,15,22-23H,13-14,16H2. The summed E-state index contributed by atoms with van der Waals surface area (Å²) in [6.07, 6.45) is 0.195. The Bertz CT molecular complexity index is 1250.